The molecular weight excluding hydrogens is 415 g/mol. The summed E-state index contributed by atoms with van der Waals surface area (Å²) in [6, 6.07) is 6.40. The maximum Gasteiger partial charge on any atom is 0.413 e. The van der Waals surface area contributed by atoms with Crippen LogP contribution in [0.4, 0.5) is 14.9 Å². The van der Waals surface area contributed by atoms with Crippen molar-refractivity contribution >= 4 is 28.8 Å². The molecule has 0 saturated carbocycles. The van der Waals surface area contributed by atoms with Gasteiger partial charge >= 0.3 is 6.09 Å². The second-order valence-electron chi connectivity index (χ2n) is 8.39. The van der Waals surface area contributed by atoms with Gasteiger partial charge in [0.05, 0.1) is 11.3 Å². The van der Waals surface area contributed by atoms with Gasteiger partial charge in [-0.05, 0) is 73.8 Å². The minimum atomic E-state index is -1.12. The van der Waals surface area contributed by atoms with Crippen LogP contribution in [0.15, 0.2) is 28.7 Å². The third kappa shape index (κ3) is 3.29. The lowest BCUT2D eigenvalue weighted by Crippen LogP contribution is -2.59. The molecule has 3 N–H and O–H groups in total. The van der Waals surface area contributed by atoms with Crippen molar-refractivity contribution in [1.29, 1.82) is 0 Å². The van der Waals surface area contributed by atoms with Gasteiger partial charge in [-0.1, -0.05) is 0 Å². The summed E-state index contributed by atoms with van der Waals surface area (Å²) < 4.78 is 20.1. The van der Waals surface area contributed by atoms with Crippen LogP contribution < -0.4 is 15.5 Å². The van der Waals surface area contributed by atoms with Gasteiger partial charge in [0.2, 0.25) is 0 Å². The molecule has 9 heteroatoms. The standard InChI is InChI=1S/C23H23FN4O4/c1-11-7-14(15-9-17(24)19-18(10-15)32-12(2)26-19)8-16-20(11)28(23(30)31)21(27-22(16)29)13-3-5-25-6-4-13/h7-10,13,21,25H,3-6H2,1-2H3,(H,27,29)(H,30,31). The quantitative estimate of drug-likeness (QED) is 0.562. The summed E-state index contributed by atoms with van der Waals surface area (Å²) in [5.74, 6) is -0.469. The van der Waals surface area contributed by atoms with Crippen molar-refractivity contribution in [1.82, 2.24) is 15.6 Å². The number of halogens is 1. The molecule has 1 aromatic heterocycles. The van der Waals surface area contributed by atoms with Crippen molar-refractivity contribution in [3.8, 4) is 11.1 Å². The number of carboxylic acid groups (broad SMARTS) is 1. The van der Waals surface area contributed by atoms with Gasteiger partial charge in [-0.3, -0.25) is 9.69 Å². The Hall–Kier alpha value is -3.46. The molecule has 3 aromatic rings. The number of fused-ring (bicyclic) bond motifs is 2. The number of oxazole rings is 1. The lowest BCUT2D eigenvalue weighted by Gasteiger charge is -2.42. The lowest BCUT2D eigenvalue weighted by molar-refractivity contribution is 0.0899. The highest BCUT2D eigenvalue weighted by Gasteiger charge is 2.40. The number of hydrogen-bond donors (Lipinski definition) is 3. The number of aryl methyl sites for hydroxylation is 2. The molecule has 2 amide bonds. The van der Waals surface area contributed by atoms with E-state index >= 15 is 0 Å². The Bertz CT molecular complexity index is 1250. The fraction of sp³-hybridized carbons (Fsp3) is 0.348. The predicted octanol–water partition coefficient (Wildman–Crippen LogP) is 3.80. The molecule has 8 nitrogen and oxygen atoms in total. The van der Waals surface area contributed by atoms with Crippen LogP contribution in [0.3, 0.4) is 0 Å². The zero-order chi connectivity index (χ0) is 22.6. The third-order valence-electron chi connectivity index (χ3n) is 6.27. The van der Waals surface area contributed by atoms with Gasteiger partial charge in [-0.15, -0.1) is 0 Å². The summed E-state index contributed by atoms with van der Waals surface area (Å²) in [6.45, 7) is 4.98. The molecule has 1 atom stereocenters. The first-order valence-electron chi connectivity index (χ1n) is 10.6. The molecule has 1 saturated heterocycles. The van der Waals surface area contributed by atoms with E-state index in [1.54, 1.807) is 32.0 Å². The average molecular weight is 438 g/mol. The Morgan fingerprint density at radius 3 is 2.62 bits per heavy atom. The van der Waals surface area contributed by atoms with E-state index in [1.807, 2.05) is 0 Å². The Labute approximate surface area is 183 Å². The number of carbonyl (C=O) groups excluding carboxylic acids is 1. The van der Waals surface area contributed by atoms with Crippen molar-refractivity contribution < 1.29 is 23.5 Å². The van der Waals surface area contributed by atoms with E-state index in [-0.39, 0.29) is 22.9 Å². The summed E-state index contributed by atoms with van der Waals surface area (Å²) in [5, 5.41) is 16.2. The average Bonchev–Trinajstić information content (AvgIpc) is 3.15. The molecule has 1 unspecified atom stereocenters. The number of anilines is 1. The van der Waals surface area contributed by atoms with Crippen LogP contribution in [0.2, 0.25) is 0 Å². The van der Waals surface area contributed by atoms with Crippen LogP contribution in [0.25, 0.3) is 22.2 Å². The van der Waals surface area contributed by atoms with E-state index in [9.17, 15) is 19.1 Å². The maximum atomic E-state index is 14.6. The number of benzene rings is 2. The van der Waals surface area contributed by atoms with Crippen molar-refractivity contribution in [3.05, 3.63) is 47.1 Å². The zero-order valence-corrected chi connectivity index (χ0v) is 17.7. The topological polar surface area (TPSA) is 108 Å². The van der Waals surface area contributed by atoms with Crippen LogP contribution in [0.5, 0.6) is 0 Å². The number of aromatic nitrogens is 1. The minimum absolute atomic E-state index is 0.0229. The summed E-state index contributed by atoms with van der Waals surface area (Å²) in [5.41, 5.74) is 2.84. The van der Waals surface area contributed by atoms with Gasteiger partial charge in [0.25, 0.3) is 5.91 Å². The Balaban J connectivity index is 1.61. The fourth-order valence-corrected chi connectivity index (χ4v) is 4.82. The first-order valence-corrected chi connectivity index (χ1v) is 10.6. The zero-order valence-electron chi connectivity index (χ0n) is 17.7. The summed E-state index contributed by atoms with van der Waals surface area (Å²) in [4.78, 5) is 30.7. The molecule has 0 bridgehead atoms. The summed E-state index contributed by atoms with van der Waals surface area (Å²) >= 11 is 0. The normalized spacial score (nSPS) is 19.2. The SMILES string of the molecule is Cc1nc2c(F)cc(-c3cc(C)c4c(c3)C(=O)NC(C3CCNCC3)N4C(=O)O)cc2o1. The second-order valence-corrected chi connectivity index (χ2v) is 8.39. The molecule has 5 rings (SSSR count). The first kappa shape index (κ1) is 20.4. The van der Waals surface area contributed by atoms with Crippen molar-refractivity contribution in [2.75, 3.05) is 18.0 Å². The highest BCUT2D eigenvalue weighted by Crippen LogP contribution is 2.38. The van der Waals surface area contributed by atoms with Crippen LogP contribution in [0, 0.1) is 25.6 Å². The highest BCUT2D eigenvalue weighted by atomic mass is 19.1. The second kappa shape index (κ2) is 7.59. The number of amides is 2. The van der Waals surface area contributed by atoms with E-state index in [0.29, 0.717) is 33.9 Å². The van der Waals surface area contributed by atoms with Gasteiger partial charge in [0.1, 0.15) is 11.7 Å². The molecule has 2 aliphatic heterocycles. The van der Waals surface area contributed by atoms with Gasteiger partial charge in [-0.2, -0.15) is 0 Å². The Morgan fingerprint density at radius 2 is 1.91 bits per heavy atom. The van der Waals surface area contributed by atoms with Crippen LogP contribution >= 0.6 is 0 Å². The van der Waals surface area contributed by atoms with Crippen LogP contribution in [0.1, 0.15) is 34.7 Å². The monoisotopic (exact) mass is 438 g/mol. The molecule has 166 valence electrons. The maximum absolute atomic E-state index is 14.6. The van der Waals surface area contributed by atoms with E-state index in [0.717, 1.165) is 25.9 Å². The van der Waals surface area contributed by atoms with Gasteiger partial charge in [0.15, 0.2) is 17.3 Å². The smallest absolute Gasteiger partial charge is 0.413 e. The molecule has 2 aliphatic rings. The number of nitrogens with zero attached hydrogens (tertiary/aromatic N) is 2. The van der Waals surface area contributed by atoms with Crippen molar-refractivity contribution in [2.45, 2.75) is 32.9 Å². The molecular formula is C23H23FN4O4. The van der Waals surface area contributed by atoms with Gasteiger partial charge < -0.3 is 20.2 Å². The van der Waals surface area contributed by atoms with Crippen molar-refractivity contribution in [2.24, 2.45) is 5.92 Å². The predicted molar refractivity (Wildman–Crippen MR) is 116 cm³/mol. The lowest BCUT2D eigenvalue weighted by atomic mass is 9.89. The summed E-state index contributed by atoms with van der Waals surface area (Å²) in [7, 11) is 0. The first-order chi connectivity index (χ1) is 15.3. The Morgan fingerprint density at radius 1 is 1.19 bits per heavy atom. The molecule has 0 aliphatic carbocycles. The van der Waals surface area contributed by atoms with Gasteiger partial charge in [0, 0.05) is 12.8 Å². The highest BCUT2D eigenvalue weighted by molar-refractivity contribution is 6.08. The number of piperidine rings is 1. The van der Waals surface area contributed by atoms with Crippen LogP contribution in [-0.2, 0) is 0 Å². The van der Waals surface area contributed by atoms with Gasteiger partial charge in [-0.25, -0.2) is 14.2 Å². The van der Waals surface area contributed by atoms with E-state index in [4.69, 9.17) is 4.42 Å². The summed E-state index contributed by atoms with van der Waals surface area (Å²) in [6.07, 6.45) is -0.186. The number of nitrogens with one attached hydrogen (secondary N) is 2. The Kier molecular flexibility index (Phi) is 4.85. The molecule has 1 fully saturated rings. The van der Waals surface area contributed by atoms with Crippen molar-refractivity contribution in [3.63, 3.8) is 0 Å². The number of carbonyl (C=O) groups is 2. The minimum Gasteiger partial charge on any atom is -0.465 e. The van der Waals surface area contributed by atoms with E-state index in [2.05, 4.69) is 15.6 Å². The molecule has 0 spiro atoms. The number of hydrogen-bond acceptors (Lipinski definition) is 5. The third-order valence-corrected chi connectivity index (χ3v) is 6.27. The fourth-order valence-electron chi connectivity index (χ4n) is 4.82. The number of rotatable bonds is 2. The largest absolute Gasteiger partial charge is 0.465 e. The molecule has 32 heavy (non-hydrogen) atoms. The van der Waals surface area contributed by atoms with E-state index < -0.39 is 18.1 Å². The van der Waals surface area contributed by atoms with Crippen LogP contribution in [-0.4, -0.2) is 41.3 Å². The molecule has 3 heterocycles. The van der Waals surface area contributed by atoms with E-state index in [1.165, 1.54) is 11.0 Å². The molecule has 0 radical (unpaired) electrons. The molecule has 2 aromatic carbocycles.